The van der Waals surface area contributed by atoms with Gasteiger partial charge in [-0.2, -0.15) is 4.37 Å². The van der Waals surface area contributed by atoms with E-state index in [-0.39, 0.29) is 43.9 Å². The summed E-state index contributed by atoms with van der Waals surface area (Å²) in [5, 5.41) is 11.8. The maximum Gasteiger partial charge on any atom is 0.261 e. The average molecular weight is 451 g/mol. The van der Waals surface area contributed by atoms with Crippen molar-refractivity contribution in [1.82, 2.24) is 14.2 Å². The van der Waals surface area contributed by atoms with Crippen LogP contribution in [0.2, 0.25) is 0 Å². The topological polar surface area (TPSA) is 77.0 Å². The maximum absolute atomic E-state index is 13.1. The lowest BCUT2D eigenvalue weighted by Crippen LogP contribution is -2.47. The van der Waals surface area contributed by atoms with E-state index in [1.54, 1.807) is 0 Å². The van der Waals surface area contributed by atoms with E-state index < -0.39 is 49.1 Å². The lowest BCUT2D eigenvalue weighted by Gasteiger charge is -2.35. The fourth-order valence-electron chi connectivity index (χ4n) is 4.62. The normalized spacial score (nSPS) is 33.0. The van der Waals surface area contributed by atoms with Crippen LogP contribution in [0.25, 0.3) is 10.1 Å². The number of likely N-dealkylation sites (tertiary alicyclic amines) is 1. The molecule has 1 aliphatic carbocycles. The van der Waals surface area contributed by atoms with Crippen molar-refractivity contribution in [2.75, 3.05) is 44.1 Å². The molecule has 7 nitrogen and oxygen atoms in total. The highest BCUT2D eigenvalue weighted by molar-refractivity contribution is 7.13. The summed E-state index contributed by atoms with van der Waals surface area (Å²) in [5.41, 5.74) is -2.17. The first-order chi connectivity index (χ1) is 18.1. The van der Waals surface area contributed by atoms with Crippen LogP contribution in [0.15, 0.2) is 24.3 Å². The number of fused-ring (bicyclic) bond motifs is 2. The van der Waals surface area contributed by atoms with Crippen molar-refractivity contribution in [1.29, 1.82) is 0 Å². The Labute approximate surface area is 198 Å². The molecule has 2 saturated heterocycles. The Morgan fingerprint density at radius 1 is 1.13 bits per heavy atom. The number of amides is 2. The number of benzene rings is 1. The highest BCUT2D eigenvalue weighted by atomic mass is 32.1. The number of nitrogens with zero attached hydrogens (tertiary/aromatic N) is 4. The van der Waals surface area contributed by atoms with Crippen LogP contribution >= 0.6 is 11.5 Å². The smallest absolute Gasteiger partial charge is 0.261 e. The summed E-state index contributed by atoms with van der Waals surface area (Å²) in [6.07, 6.45) is -6.19. The van der Waals surface area contributed by atoms with Crippen LogP contribution in [0.4, 0.5) is 5.82 Å². The van der Waals surface area contributed by atoms with Gasteiger partial charge in [0.25, 0.3) is 5.91 Å². The molecular formula is C23H30N4O3S. The number of rotatable bonds is 6. The van der Waals surface area contributed by atoms with Crippen LogP contribution in [0, 0.1) is 5.92 Å². The second-order valence-electron chi connectivity index (χ2n) is 8.15. The first-order valence-electron chi connectivity index (χ1n) is 14.5. The van der Waals surface area contributed by atoms with E-state index >= 15 is 0 Å². The fourth-order valence-corrected chi connectivity index (χ4v) is 5.41. The van der Waals surface area contributed by atoms with Crippen molar-refractivity contribution >= 4 is 39.3 Å². The van der Waals surface area contributed by atoms with Crippen molar-refractivity contribution in [3.05, 3.63) is 24.3 Å². The van der Waals surface area contributed by atoms with Crippen molar-refractivity contribution in [2.45, 2.75) is 44.0 Å². The van der Waals surface area contributed by atoms with Crippen LogP contribution in [-0.4, -0.2) is 75.9 Å². The van der Waals surface area contributed by atoms with Gasteiger partial charge in [-0.25, -0.2) is 0 Å². The highest BCUT2D eigenvalue weighted by Gasteiger charge is 2.58. The zero-order chi connectivity index (χ0) is 28.6. The third-order valence-corrected chi connectivity index (χ3v) is 7.17. The third-order valence-electron chi connectivity index (χ3n) is 6.35. The molecule has 1 saturated carbocycles. The van der Waals surface area contributed by atoms with Crippen LogP contribution in [0.3, 0.4) is 0 Å². The Balaban J connectivity index is 1.38. The Bertz CT molecular complexity index is 1300. The first-order valence-corrected chi connectivity index (χ1v) is 11.3. The molecule has 3 aliphatic rings. The standard InChI is InChI=1S/C23H30N4O3S/c28-21-18-8-3-4-10-23(18,30)22(29)27(21)12-6-5-11-25-13-15-26(16-14-25)20-17-7-1-2-9-19(17)31-24-20/h1-2,7,9,18,30H,3-6,8,10-16H2/i5D2,6D2,11D2,12D2. The van der Waals surface area contributed by atoms with Gasteiger partial charge in [-0.3, -0.25) is 19.4 Å². The first kappa shape index (κ1) is 13.5. The average Bonchev–Trinajstić information content (AvgIpc) is 3.40. The number of aromatic nitrogens is 1. The number of carbonyl (C=O) groups excluding carboxylic acids is 2. The number of aliphatic hydroxyl groups is 1. The lowest BCUT2D eigenvalue weighted by molar-refractivity contribution is -0.148. The summed E-state index contributed by atoms with van der Waals surface area (Å²) < 4.78 is 74.0. The Morgan fingerprint density at radius 2 is 1.90 bits per heavy atom. The van der Waals surface area contributed by atoms with Gasteiger partial charge < -0.3 is 10.0 Å². The van der Waals surface area contributed by atoms with E-state index in [4.69, 9.17) is 11.0 Å². The third kappa shape index (κ3) is 3.75. The van der Waals surface area contributed by atoms with E-state index in [2.05, 4.69) is 4.37 Å². The molecular weight excluding hydrogens is 412 g/mol. The summed E-state index contributed by atoms with van der Waals surface area (Å²) in [6.45, 7) is -6.04. The van der Waals surface area contributed by atoms with Gasteiger partial charge in [-0.1, -0.05) is 18.6 Å². The van der Waals surface area contributed by atoms with Gasteiger partial charge in [0.15, 0.2) is 5.60 Å². The van der Waals surface area contributed by atoms with Crippen LogP contribution in [0.1, 0.15) is 49.4 Å². The molecule has 0 bridgehead atoms. The van der Waals surface area contributed by atoms with E-state index in [1.807, 2.05) is 29.2 Å². The van der Waals surface area contributed by atoms with Crippen LogP contribution in [0.5, 0.6) is 0 Å². The van der Waals surface area contributed by atoms with Gasteiger partial charge >= 0.3 is 0 Å². The Morgan fingerprint density at radius 3 is 2.71 bits per heavy atom. The predicted octanol–water partition coefficient (Wildman–Crippen LogP) is 2.49. The van der Waals surface area contributed by atoms with Gasteiger partial charge in [0, 0.05) is 49.0 Å². The molecule has 2 aliphatic heterocycles. The monoisotopic (exact) mass is 450 g/mol. The van der Waals surface area contributed by atoms with Crippen molar-refractivity contribution in [3.8, 4) is 0 Å². The van der Waals surface area contributed by atoms with Crippen molar-refractivity contribution < 1.29 is 25.7 Å². The van der Waals surface area contributed by atoms with E-state index in [9.17, 15) is 14.7 Å². The highest BCUT2D eigenvalue weighted by Crippen LogP contribution is 2.41. The molecule has 2 atom stereocenters. The minimum Gasteiger partial charge on any atom is -0.379 e. The Hall–Kier alpha value is -2.03. The van der Waals surface area contributed by atoms with E-state index in [0.717, 1.165) is 20.8 Å². The number of hydrogen-bond acceptors (Lipinski definition) is 7. The predicted molar refractivity (Wildman–Crippen MR) is 121 cm³/mol. The molecule has 2 amide bonds. The van der Waals surface area contributed by atoms with Crippen LogP contribution < -0.4 is 4.90 Å². The molecule has 2 unspecified atom stereocenters. The summed E-state index contributed by atoms with van der Waals surface area (Å²) in [6, 6.07) is 7.67. The minimum absolute atomic E-state index is 0.000837. The number of hydrogen-bond donors (Lipinski definition) is 1. The molecule has 1 N–H and O–H groups in total. The molecule has 3 fully saturated rings. The van der Waals surface area contributed by atoms with Gasteiger partial charge in [-0.05, 0) is 62.2 Å². The molecule has 0 radical (unpaired) electrons. The van der Waals surface area contributed by atoms with Crippen molar-refractivity contribution in [3.63, 3.8) is 0 Å². The molecule has 0 spiro atoms. The molecule has 31 heavy (non-hydrogen) atoms. The van der Waals surface area contributed by atoms with Crippen molar-refractivity contribution in [2.24, 2.45) is 5.92 Å². The maximum atomic E-state index is 13.1. The molecule has 5 rings (SSSR count). The van der Waals surface area contributed by atoms with E-state index in [1.165, 1.54) is 11.5 Å². The van der Waals surface area contributed by atoms with Gasteiger partial charge in [0.1, 0.15) is 5.82 Å². The molecule has 166 valence electrons. The SMILES string of the molecule is [2H]C([2H])(N1CCN(c2nsc3ccccc23)CC1)C([2H])([2H])C([2H])([2H])C([2H])([2H])N1C(=O)C2CCCCC2(O)C1=O. The fraction of sp³-hybridized carbons (Fsp3) is 0.609. The number of piperazine rings is 1. The van der Waals surface area contributed by atoms with Gasteiger partial charge in [-0.15, -0.1) is 0 Å². The zero-order valence-corrected chi connectivity index (χ0v) is 17.8. The molecule has 2 aromatic rings. The quantitative estimate of drug-likeness (QED) is 0.682. The summed E-state index contributed by atoms with van der Waals surface area (Å²) in [4.78, 5) is 29.2. The molecule has 8 heteroatoms. The summed E-state index contributed by atoms with van der Waals surface area (Å²) in [5.74, 6) is -2.90. The van der Waals surface area contributed by atoms with E-state index in [0.29, 0.717) is 12.8 Å². The summed E-state index contributed by atoms with van der Waals surface area (Å²) in [7, 11) is 0. The largest absolute Gasteiger partial charge is 0.379 e. The molecule has 1 aromatic carbocycles. The van der Waals surface area contributed by atoms with Gasteiger partial charge in [0.05, 0.1) is 10.6 Å². The zero-order valence-electron chi connectivity index (χ0n) is 25.0. The number of imide groups is 1. The molecule has 1 aromatic heterocycles. The summed E-state index contributed by atoms with van der Waals surface area (Å²) >= 11 is 1.34. The molecule has 3 heterocycles. The lowest BCUT2D eigenvalue weighted by atomic mass is 9.77. The minimum atomic E-state index is -3.68. The Kier molecular flexibility index (Phi) is 3.70. The van der Waals surface area contributed by atoms with Gasteiger partial charge in [0.2, 0.25) is 5.91 Å². The second-order valence-corrected chi connectivity index (χ2v) is 8.96. The number of carbonyl (C=O) groups is 2. The second kappa shape index (κ2) is 8.48. The number of anilines is 1. The van der Waals surface area contributed by atoms with Crippen LogP contribution in [-0.2, 0) is 9.59 Å².